The molecule has 106 valence electrons. The number of aryl methyl sites for hydroxylation is 1. The summed E-state index contributed by atoms with van der Waals surface area (Å²) >= 11 is 3.43. The molecule has 0 bridgehead atoms. The number of benzene rings is 2. The van der Waals surface area contributed by atoms with Gasteiger partial charge in [0, 0.05) is 21.0 Å². The molecule has 0 spiro atoms. The molecule has 0 radical (unpaired) electrons. The molecule has 0 atom stereocenters. The average Bonchev–Trinajstić information content (AvgIpc) is 2.83. The lowest BCUT2D eigenvalue weighted by atomic mass is 10.0. The van der Waals surface area contributed by atoms with Gasteiger partial charge in [0.05, 0.1) is 7.11 Å². The molecule has 0 unspecified atom stereocenters. The number of ketones is 1. The zero-order valence-corrected chi connectivity index (χ0v) is 13.2. The molecule has 3 rings (SSSR count). The second kappa shape index (κ2) is 5.37. The molecule has 0 saturated heterocycles. The first-order valence-electron chi connectivity index (χ1n) is 6.47. The van der Waals surface area contributed by atoms with Crippen molar-refractivity contribution in [2.75, 3.05) is 7.11 Å². The van der Waals surface area contributed by atoms with Crippen LogP contribution in [0.2, 0.25) is 0 Å². The van der Waals surface area contributed by atoms with Crippen LogP contribution in [0.15, 0.2) is 51.4 Å². The lowest BCUT2D eigenvalue weighted by molar-refractivity contribution is 0.101. The minimum absolute atomic E-state index is 0.123. The molecular weight excluding hydrogens is 332 g/mol. The van der Waals surface area contributed by atoms with Gasteiger partial charge in [0.1, 0.15) is 11.3 Å². The Balaban J connectivity index is 2.06. The van der Waals surface area contributed by atoms with Crippen molar-refractivity contribution in [3.63, 3.8) is 0 Å². The van der Waals surface area contributed by atoms with Crippen LogP contribution in [0, 0.1) is 6.92 Å². The standard InChI is InChI=1S/C17H13BrO3/c1-10-14-9-12(18)5-8-15(14)21-17(10)16(19)11-3-6-13(20-2)7-4-11/h3-9H,1-2H3. The van der Waals surface area contributed by atoms with Gasteiger partial charge in [0.15, 0.2) is 5.76 Å². The highest BCUT2D eigenvalue weighted by Crippen LogP contribution is 2.29. The molecule has 3 aromatic rings. The number of fused-ring (bicyclic) bond motifs is 1. The number of carbonyl (C=O) groups excluding carboxylic acids is 1. The predicted molar refractivity (Wildman–Crippen MR) is 85.1 cm³/mol. The van der Waals surface area contributed by atoms with Crippen LogP contribution in [0.4, 0.5) is 0 Å². The fourth-order valence-corrected chi connectivity index (χ4v) is 2.64. The summed E-state index contributed by atoms with van der Waals surface area (Å²) in [4.78, 5) is 12.6. The fourth-order valence-electron chi connectivity index (χ4n) is 2.28. The van der Waals surface area contributed by atoms with E-state index < -0.39 is 0 Å². The SMILES string of the molecule is COc1ccc(C(=O)c2oc3ccc(Br)cc3c2C)cc1. The van der Waals surface area contributed by atoms with Crippen LogP contribution >= 0.6 is 15.9 Å². The summed E-state index contributed by atoms with van der Waals surface area (Å²) in [6, 6.07) is 12.7. The Morgan fingerprint density at radius 2 is 1.86 bits per heavy atom. The number of hydrogen-bond donors (Lipinski definition) is 0. The van der Waals surface area contributed by atoms with Gasteiger partial charge in [-0.05, 0) is 49.4 Å². The largest absolute Gasteiger partial charge is 0.497 e. The Hall–Kier alpha value is -2.07. The Kier molecular flexibility index (Phi) is 3.55. The maximum atomic E-state index is 12.6. The van der Waals surface area contributed by atoms with Gasteiger partial charge < -0.3 is 9.15 Å². The van der Waals surface area contributed by atoms with Gasteiger partial charge in [-0.25, -0.2) is 0 Å². The van der Waals surface area contributed by atoms with E-state index in [1.54, 1.807) is 31.4 Å². The van der Waals surface area contributed by atoms with Crippen LogP contribution in [-0.4, -0.2) is 12.9 Å². The van der Waals surface area contributed by atoms with Crippen molar-refractivity contribution in [3.8, 4) is 5.75 Å². The zero-order chi connectivity index (χ0) is 15.0. The van der Waals surface area contributed by atoms with Gasteiger partial charge in [-0.2, -0.15) is 0 Å². The summed E-state index contributed by atoms with van der Waals surface area (Å²) in [5, 5.41) is 0.946. The van der Waals surface area contributed by atoms with Crippen molar-refractivity contribution in [2.24, 2.45) is 0 Å². The summed E-state index contributed by atoms with van der Waals surface area (Å²) in [6.45, 7) is 1.90. The summed E-state index contributed by atoms with van der Waals surface area (Å²) in [6.07, 6.45) is 0. The molecule has 0 amide bonds. The molecule has 1 heterocycles. The van der Waals surface area contributed by atoms with E-state index in [0.717, 1.165) is 21.2 Å². The first-order valence-corrected chi connectivity index (χ1v) is 7.27. The zero-order valence-electron chi connectivity index (χ0n) is 11.6. The maximum absolute atomic E-state index is 12.6. The van der Waals surface area contributed by atoms with E-state index >= 15 is 0 Å². The van der Waals surface area contributed by atoms with Gasteiger partial charge in [0.2, 0.25) is 5.78 Å². The van der Waals surface area contributed by atoms with Crippen molar-refractivity contribution in [3.05, 3.63) is 63.8 Å². The van der Waals surface area contributed by atoms with Gasteiger partial charge >= 0.3 is 0 Å². The minimum atomic E-state index is -0.123. The number of ether oxygens (including phenoxy) is 1. The van der Waals surface area contributed by atoms with E-state index in [1.165, 1.54) is 0 Å². The molecule has 2 aromatic carbocycles. The molecule has 0 saturated carbocycles. The Morgan fingerprint density at radius 1 is 1.14 bits per heavy atom. The molecule has 0 aliphatic heterocycles. The quantitative estimate of drug-likeness (QED) is 0.644. The smallest absolute Gasteiger partial charge is 0.228 e. The third-order valence-electron chi connectivity index (χ3n) is 3.46. The predicted octanol–water partition coefficient (Wildman–Crippen LogP) is 4.74. The minimum Gasteiger partial charge on any atom is -0.497 e. The molecule has 0 aliphatic carbocycles. The number of methoxy groups -OCH3 is 1. The van der Waals surface area contributed by atoms with Crippen LogP contribution in [0.3, 0.4) is 0 Å². The van der Waals surface area contributed by atoms with Crippen molar-refractivity contribution in [1.82, 2.24) is 0 Å². The van der Waals surface area contributed by atoms with Crippen LogP contribution in [0.5, 0.6) is 5.75 Å². The molecule has 0 aliphatic rings. The van der Waals surface area contributed by atoms with E-state index in [9.17, 15) is 4.79 Å². The Morgan fingerprint density at radius 3 is 2.52 bits per heavy atom. The fraction of sp³-hybridized carbons (Fsp3) is 0.118. The second-order valence-electron chi connectivity index (χ2n) is 4.75. The summed E-state index contributed by atoms with van der Waals surface area (Å²) in [5.74, 6) is 0.979. The van der Waals surface area contributed by atoms with Gasteiger partial charge in [0.25, 0.3) is 0 Å². The molecular formula is C17H13BrO3. The van der Waals surface area contributed by atoms with Crippen LogP contribution < -0.4 is 4.74 Å². The van der Waals surface area contributed by atoms with Crippen LogP contribution in [0.1, 0.15) is 21.7 Å². The van der Waals surface area contributed by atoms with Gasteiger partial charge in [-0.15, -0.1) is 0 Å². The number of carbonyl (C=O) groups is 1. The van der Waals surface area contributed by atoms with E-state index in [0.29, 0.717) is 16.9 Å². The second-order valence-corrected chi connectivity index (χ2v) is 5.67. The highest BCUT2D eigenvalue weighted by Gasteiger charge is 2.19. The van der Waals surface area contributed by atoms with Crippen molar-refractivity contribution in [2.45, 2.75) is 6.92 Å². The van der Waals surface area contributed by atoms with Crippen molar-refractivity contribution >= 4 is 32.7 Å². The van der Waals surface area contributed by atoms with E-state index in [2.05, 4.69) is 15.9 Å². The Bertz CT molecular complexity index is 816. The summed E-state index contributed by atoms with van der Waals surface area (Å²) < 4.78 is 11.8. The lowest BCUT2D eigenvalue weighted by Crippen LogP contribution is -2.01. The molecule has 21 heavy (non-hydrogen) atoms. The lowest BCUT2D eigenvalue weighted by Gasteiger charge is -2.01. The first-order chi connectivity index (χ1) is 10.1. The topological polar surface area (TPSA) is 39.4 Å². The summed E-state index contributed by atoms with van der Waals surface area (Å²) in [5.41, 5.74) is 2.15. The summed E-state index contributed by atoms with van der Waals surface area (Å²) in [7, 11) is 1.60. The first kappa shape index (κ1) is 13.9. The van der Waals surface area contributed by atoms with Crippen molar-refractivity contribution < 1.29 is 13.9 Å². The van der Waals surface area contributed by atoms with Gasteiger partial charge in [-0.1, -0.05) is 15.9 Å². The third-order valence-corrected chi connectivity index (χ3v) is 3.95. The van der Waals surface area contributed by atoms with E-state index in [4.69, 9.17) is 9.15 Å². The number of hydrogen-bond acceptors (Lipinski definition) is 3. The Labute approximate surface area is 130 Å². The third kappa shape index (κ3) is 2.47. The monoisotopic (exact) mass is 344 g/mol. The average molecular weight is 345 g/mol. The van der Waals surface area contributed by atoms with Crippen molar-refractivity contribution in [1.29, 1.82) is 0 Å². The highest BCUT2D eigenvalue weighted by molar-refractivity contribution is 9.10. The van der Waals surface area contributed by atoms with Crippen LogP contribution in [0.25, 0.3) is 11.0 Å². The molecule has 4 heteroatoms. The maximum Gasteiger partial charge on any atom is 0.228 e. The van der Waals surface area contributed by atoms with E-state index in [-0.39, 0.29) is 5.78 Å². The highest BCUT2D eigenvalue weighted by atomic mass is 79.9. The number of halogens is 1. The number of rotatable bonds is 3. The van der Waals surface area contributed by atoms with Crippen LogP contribution in [-0.2, 0) is 0 Å². The van der Waals surface area contributed by atoms with Gasteiger partial charge in [-0.3, -0.25) is 4.79 Å². The molecule has 0 fully saturated rings. The number of furan rings is 1. The molecule has 0 N–H and O–H groups in total. The normalized spacial score (nSPS) is 10.8. The molecule has 1 aromatic heterocycles. The molecule has 3 nitrogen and oxygen atoms in total. The van der Waals surface area contributed by atoms with E-state index in [1.807, 2.05) is 25.1 Å².